The van der Waals surface area contributed by atoms with E-state index in [0.717, 1.165) is 4.90 Å². The fourth-order valence-corrected chi connectivity index (χ4v) is 2.87. The Kier molecular flexibility index (Phi) is 7.80. The van der Waals surface area contributed by atoms with Crippen LogP contribution in [0.2, 0.25) is 0 Å². The molecule has 4 nitrogen and oxygen atoms in total. The van der Waals surface area contributed by atoms with Gasteiger partial charge in [-0.2, -0.15) is 5.26 Å². The third-order valence-corrected chi connectivity index (χ3v) is 4.24. The lowest BCUT2D eigenvalue weighted by atomic mass is 10.3. The molecular formula is C19H19FN2O2S. The fraction of sp³-hybridized carbons (Fsp3) is 0.263. The van der Waals surface area contributed by atoms with Crippen molar-refractivity contribution < 1.29 is 13.9 Å². The number of nitrogens with one attached hydrogen (secondary N) is 1. The summed E-state index contributed by atoms with van der Waals surface area (Å²) in [7, 11) is 0. The maximum absolute atomic E-state index is 12.8. The summed E-state index contributed by atoms with van der Waals surface area (Å²) in [6, 6.07) is 15.5. The second-order valence-electron chi connectivity index (χ2n) is 5.24. The maximum Gasteiger partial charge on any atom is 0.225 e. The Balaban J connectivity index is 1.74. The van der Waals surface area contributed by atoms with Crippen molar-refractivity contribution in [3.63, 3.8) is 0 Å². The molecule has 0 unspecified atom stereocenters. The minimum absolute atomic E-state index is 0.0868. The number of carbonyl (C=O) groups is 1. The first-order valence-corrected chi connectivity index (χ1v) is 8.94. The van der Waals surface area contributed by atoms with Crippen molar-refractivity contribution in [2.45, 2.75) is 24.2 Å². The van der Waals surface area contributed by atoms with Gasteiger partial charge in [0.25, 0.3) is 0 Å². The molecule has 0 fully saturated rings. The zero-order chi connectivity index (χ0) is 17.9. The molecule has 0 saturated carbocycles. The Bertz CT molecular complexity index is 729. The van der Waals surface area contributed by atoms with E-state index in [4.69, 9.17) is 10.00 Å². The number of amides is 1. The van der Waals surface area contributed by atoms with Crippen LogP contribution in [0.5, 0.6) is 5.75 Å². The summed E-state index contributed by atoms with van der Waals surface area (Å²) >= 11 is 1.51. The lowest BCUT2D eigenvalue weighted by molar-refractivity contribution is -0.115. The minimum Gasteiger partial charge on any atom is -0.493 e. The van der Waals surface area contributed by atoms with Gasteiger partial charge in [-0.1, -0.05) is 6.07 Å². The zero-order valence-corrected chi connectivity index (χ0v) is 14.5. The molecule has 0 spiro atoms. The van der Waals surface area contributed by atoms with Crippen LogP contribution in [0.15, 0.2) is 53.4 Å². The van der Waals surface area contributed by atoms with E-state index >= 15 is 0 Å². The van der Waals surface area contributed by atoms with E-state index in [1.165, 1.54) is 23.9 Å². The van der Waals surface area contributed by atoms with Crippen molar-refractivity contribution >= 4 is 23.4 Å². The number of benzene rings is 2. The SMILES string of the molecule is N#CCCCOc1cccc(NC(=O)CCSc2ccc(F)cc2)c1. The molecule has 6 heteroatoms. The van der Waals surface area contributed by atoms with Crippen LogP contribution in [0, 0.1) is 17.1 Å². The number of ether oxygens (including phenoxy) is 1. The molecule has 0 aromatic heterocycles. The van der Waals surface area contributed by atoms with Gasteiger partial charge in [0, 0.05) is 35.2 Å². The highest BCUT2D eigenvalue weighted by Gasteiger charge is 2.04. The standard InChI is InChI=1S/C19H19FN2O2S/c20-15-6-8-18(9-7-15)25-13-10-19(23)22-16-4-3-5-17(14-16)24-12-2-1-11-21/h3-9,14H,1-2,10,12-13H2,(H,22,23). The molecule has 0 heterocycles. The summed E-state index contributed by atoms with van der Waals surface area (Å²) in [6.07, 6.45) is 1.49. The molecule has 0 saturated heterocycles. The Morgan fingerprint density at radius 3 is 2.80 bits per heavy atom. The maximum atomic E-state index is 12.8. The Hall–Kier alpha value is -2.52. The molecule has 0 atom stereocenters. The van der Waals surface area contributed by atoms with E-state index in [2.05, 4.69) is 11.4 Å². The lowest BCUT2D eigenvalue weighted by Crippen LogP contribution is -2.12. The van der Waals surface area contributed by atoms with E-state index in [-0.39, 0.29) is 11.7 Å². The van der Waals surface area contributed by atoms with E-state index in [0.29, 0.717) is 43.1 Å². The van der Waals surface area contributed by atoms with Gasteiger partial charge in [-0.25, -0.2) is 4.39 Å². The highest BCUT2D eigenvalue weighted by atomic mass is 32.2. The third-order valence-electron chi connectivity index (χ3n) is 3.23. The van der Waals surface area contributed by atoms with Crippen LogP contribution in [0.4, 0.5) is 10.1 Å². The first-order valence-electron chi connectivity index (χ1n) is 7.95. The third kappa shape index (κ3) is 7.27. The normalized spacial score (nSPS) is 10.1. The molecule has 0 aliphatic rings. The number of carbonyl (C=O) groups excluding carboxylic acids is 1. The Labute approximate surface area is 151 Å². The van der Waals surface area contributed by atoms with Crippen LogP contribution in [0.25, 0.3) is 0 Å². The van der Waals surface area contributed by atoms with Gasteiger partial charge in [-0.15, -0.1) is 11.8 Å². The number of hydrogen-bond acceptors (Lipinski definition) is 4. The molecule has 130 valence electrons. The van der Waals surface area contributed by atoms with Gasteiger partial charge in [0.1, 0.15) is 11.6 Å². The first kappa shape index (κ1) is 18.8. The molecule has 0 radical (unpaired) electrons. The van der Waals surface area contributed by atoms with Crippen molar-refractivity contribution in [3.05, 3.63) is 54.3 Å². The van der Waals surface area contributed by atoms with Crippen molar-refractivity contribution in [1.82, 2.24) is 0 Å². The van der Waals surface area contributed by atoms with Gasteiger partial charge in [0.15, 0.2) is 0 Å². The molecule has 0 aliphatic carbocycles. The van der Waals surface area contributed by atoms with E-state index in [1.807, 2.05) is 12.1 Å². The van der Waals surface area contributed by atoms with Crippen LogP contribution >= 0.6 is 11.8 Å². The minimum atomic E-state index is -0.267. The molecule has 0 aliphatic heterocycles. The second kappa shape index (κ2) is 10.4. The summed E-state index contributed by atoms with van der Waals surface area (Å²) in [5.41, 5.74) is 0.676. The van der Waals surface area contributed by atoms with Crippen molar-refractivity contribution in [2.75, 3.05) is 17.7 Å². The Morgan fingerprint density at radius 1 is 1.24 bits per heavy atom. The number of hydrogen-bond donors (Lipinski definition) is 1. The number of rotatable bonds is 9. The average molecular weight is 358 g/mol. The van der Waals surface area contributed by atoms with Gasteiger partial charge >= 0.3 is 0 Å². The predicted octanol–water partition coefficient (Wildman–Crippen LogP) is 4.63. The van der Waals surface area contributed by atoms with E-state index in [9.17, 15) is 9.18 Å². The number of anilines is 1. The summed E-state index contributed by atoms with van der Waals surface area (Å²) in [6.45, 7) is 0.471. The van der Waals surface area contributed by atoms with E-state index < -0.39 is 0 Å². The highest BCUT2D eigenvalue weighted by molar-refractivity contribution is 7.99. The number of nitrogens with zero attached hydrogens (tertiary/aromatic N) is 1. The molecule has 0 bridgehead atoms. The molecule has 2 rings (SSSR count). The quantitative estimate of drug-likeness (QED) is 0.524. The number of nitriles is 1. The fourth-order valence-electron chi connectivity index (χ4n) is 2.02. The Morgan fingerprint density at radius 2 is 2.04 bits per heavy atom. The molecule has 2 aromatic rings. The van der Waals surface area contributed by atoms with Gasteiger partial charge < -0.3 is 10.1 Å². The van der Waals surface area contributed by atoms with Crippen LogP contribution < -0.4 is 10.1 Å². The number of thioether (sulfide) groups is 1. The topological polar surface area (TPSA) is 62.1 Å². The molecule has 1 amide bonds. The van der Waals surface area contributed by atoms with Gasteiger partial charge in [0.2, 0.25) is 5.91 Å². The van der Waals surface area contributed by atoms with Gasteiger partial charge in [-0.05, 0) is 42.8 Å². The summed E-state index contributed by atoms with van der Waals surface area (Å²) in [5, 5.41) is 11.3. The molecule has 2 aromatic carbocycles. The zero-order valence-electron chi connectivity index (χ0n) is 13.7. The van der Waals surface area contributed by atoms with Gasteiger partial charge in [-0.3, -0.25) is 4.79 Å². The lowest BCUT2D eigenvalue weighted by Gasteiger charge is -2.09. The predicted molar refractivity (Wildman–Crippen MR) is 97.2 cm³/mol. The van der Waals surface area contributed by atoms with E-state index in [1.54, 1.807) is 24.3 Å². The summed E-state index contributed by atoms with van der Waals surface area (Å²) in [5.74, 6) is 0.923. The van der Waals surface area contributed by atoms with Crippen LogP contribution in [-0.4, -0.2) is 18.3 Å². The van der Waals surface area contributed by atoms with Crippen molar-refractivity contribution in [3.8, 4) is 11.8 Å². The van der Waals surface area contributed by atoms with Crippen molar-refractivity contribution in [2.24, 2.45) is 0 Å². The molecule has 25 heavy (non-hydrogen) atoms. The van der Waals surface area contributed by atoms with Crippen LogP contribution in [0.3, 0.4) is 0 Å². The molecular weight excluding hydrogens is 339 g/mol. The monoisotopic (exact) mass is 358 g/mol. The summed E-state index contributed by atoms with van der Waals surface area (Å²) in [4.78, 5) is 12.9. The van der Waals surface area contributed by atoms with Gasteiger partial charge in [0.05, 0.1) is 12.7 Å². The largest absolute Gasteiger partial charge is 0.493 e. The average Bonchev–Trinajstić information content (AvgIpc) is 2.61. The number of unbranched alkanes of at least 4 members (excludes halogenated alkanes) is 1. The first-order chi connectivity index (χ1) is 12.2. The van der Waals surface area contributed by atoms with Crippen molar-refractivity contribution in [1.29, 1.82) is 5.26 Å². The number of halogens is 1. The summed E-state index contributed by atoms with van der Waals surface area (Å²) < 4.78 is 18.4. The second-order valence-corrected chi connectivity index (χ2v) is 6.41. The molecule has 1 N–H and O–H groups in total. The van der Waals surface area contributed by atoms with Crippen LogP contribution in [0.1, 0.15) is 19.3 Å². The smallest absolute Gasteiger partial charge is 0.225 e. The highest BCUT2D eigenvalue weighted by Crippen LogP contribution is 2.20. The van der Waals surface area contributed by atoms with Crippen LogP contribution in [-0.2, 0) is 4.79 Å².